The van der Waals surface area contributed by atoms with Gasteiger partial charge in [-0.25, -0.2) is 4.98 Å². The molecule has 106 valence electrons. The molecule has 2 aliphatic heterocycles. The molecule has 5 nitrogen and oxygen atoms in total. The van der Waals surface area contributed by atoms with E-state index in [1.54, 1.807) is 7.11 Å². The Hall–Kier alpha value is -1.07. The third-order valence-corrected chi connectivity index (χ3v) is 4.30. The molecule has 19 heavy (non-hydrogen) atoms. The maximum Gasteiger partial charge on any atom is 0.205 e. The largest absolute Gasteiger partial charge is 0.385 e. The molecule has 1 aromatic rings. The molecule has 2 saturated heterocycles. The van der Waals surface area contributed by atoms with Gasteiger partial charge in [0.05, 0.1) is 5.69 Å². The number of nitrogens with zero attached hydrogens (tertiary/aromatic N) is 3. The minimum atomic E-state index is 0.810. The molecule has 2 atom stereocenters. The highest BCUT2D eigenvalue weighted by atomic mass is 16.5. The predicted molar refractivity (Wildman–Crippen MR) is 75.5 cm³/mol. The van der Waals surface area contributed by atoms with Crippen molar-refractivity contribution in [2.75, 3.05) is 44.8 Å². The molecule has 0 unspecified atom stereocenters. The van der Waals surface area contributed by atoms with Gasteiger partial charge in [-0.2, -0.15) is 0 Å². The lowest BCUT2D eigenvalue weighted by molar-refractivity contribution is 0.190. The highest BCUT2D eigenvalue weighted by Crippen LogP contribution is 2.30. The summed E-state index contributed by atoms with van der Waals surface area (Å²) in [7, 11) is 1.76. The summed E-state index contributed by atoms with van der Waals surface area (Å²) in [5.41, 5.74) is 1.11. The predicted octanol–water partition coefficient (Wildman–Crippen LogP) is 0.884. The molecule has 5 heteroatoms. The summed E-state index contributed by atoms with van der Waals surface area (Å²) in [6.45, 7) is 8.53. The van der Waals surface area contributed by atoms with Gasteiger partial charge in [-0.15, -0.1) is 0 Å². The molecular formula is C14H24N4O. The molecule has 0 bridgehead atoms. The molecule has 1 N–H and O–H groups in total. The summed E-state index contributed by atoms with van der Waals surface area (Å²) in [4.78, 5) is 7.19. The minimum absolute atomic E-state index is 0.810. The van der Waals surface area contributed by atoms with Crippen molar-refractivity contribution in [2.45, 2.75) is 19.9 Å². The Labute approximate surface area is 114 Å². The van der Waals surface area contributed by atoms with Crippen molar-refractivity contribution in [1.29, 1.82) is 0 Å². The van der Waals surface area contributed by atoms with E-state index in [2.05, 4.69) is 27.9 Å². The summed E-state index contributed by atoms with van der Waals surface area (Å²) < 4.78 is 7.44. The third-order valence-electron chi connectivity index (χ3n) is 4.30. The van der Waals surface area contributed by atoms with Crippen LogP contribution in [0.2, 0.25) is 0 Å². The van der Waals surface area contributed by atoms with Gasteiger partial charge >= 0.3 is 0 Å². The monoisotopic (exact) mass is 264 g/mol. The van der Waals surface area contributed by atoms with Gasteiger partial charge in [0, 0.05) is 52.6 Å². The van der Waals surface area contributed by atoms with E-state index in [-0.39, 0.29) is 0 Å². The fourth-order valence-corrected chi connectivity index (χ4v) is 3.35. The molecule has 3 heterocycles. The topological polar surface area (TPSA) is 42.3 Å². The van der Waals surface area contributed by atoms with Crippen LogP contribution >= 0.6 is 0 Å². The van der Waals surface area contributed by atoms with Crippen LogP contribution in [-0.2, 0) is 11.3 Å². The van der Waals surface area contributed by atoms with Crippen molar-refractivity contribution < 1.29 is 4.74 Å². The molecule has 0 aromatic carbocycles. The quantitative estimate of drug-likeness (QED) is 0.802. The normalized spacial score (nSPS) is 26.1. The average Bonchev–Trinajstić information content (AvgIpc) is 3.02. The first-order chi connectivity index (χ1) is 9.28. The maximum atomic E-state index is 5.14. The van der Waals surface area contributed by atoms with Crippen molar-refractivity contribution in [3.63, 3.8) is 0 Å². The molecule has 0 saturated carbocycles. The lowest BCUT2D eigenvalue weighted by Gasteiger charge is -2.20. The fourth-order valence-electron chi connectivity index (χ4n) is 3.35. The van der Waals surface area contributed by atoms with Crippen molar-refractivity contribution >= 4 is 5.95 Å². The first-order valence-electron chi connectivity index (χ1n) is 7.26. The number of anilines is 1. The molecule has 2 aliphatic rings. The first-order valence-corrected chi connectivity index (χ1v) is 7.26. The highest BCUT2D eigenvalue weighted by Gasteiger charge is 2.37. The zero-order valence-electron chi connectivity index (χ0n) is 11.9. The number of imidazole rings is 1. The third kappa shape index (κ3) is 2.62. The SMILES string of the molecule is COCCCn1cc(C)nc1N1C[C@H]2CNC[C@H]2C1. The first kappa shape index (κ1) is 12.9. The highest BCUT2D eigenvalue weighted by molar-refractivity contribution is 5.36. The van der Waals surface area contributed by atoms with Gasteiger partial charge in [0.2, 0.25) is 5.95 Å². The number of hydrogen-bond donors (Lipinski definition) is 1. The van der Waals surface area contributed by atoms with Crippen molar-refractivity contribution in [3.8, 4) is 0 Å². The van der Waals surface area contributed by atoms with Crippen molar-refractivity contribution in [2.24, 2.45) is 11.8 Å². The van der Waals surface area contributed by atoms with Crippen LogP contribution in [0.3, 0.4) is 0 Å². The van der Waals surface area contributed by atoms with Gasteiger partial charge in [0.1, 0.15) is 0 Å². The van der Waals surface area contributed by atoms with E-state index in [1.165, 1.54) is 13.1 Å². The van der Waals surface area contributed by atoms with Crippen molar-refractivity contribution in [1.82, 2.24) is 14.9 Å². The molecular weight excluding hydrogens is 240 g/mol. The van der Waals surface area contributed by atoms with E-state index in [9.17, 15) is 0 Å². The van der Waals surface area contributed by atoms with E-state index in [4.69, 9.17) is 9.72 Å². The van der Waals surface area contributed by atoms with Crippen LogP contribution in [0.4, 0.5) is 5.95 Å². The lowest BCUT2D eigenvalue weighted by Crippen LogP contribution is -2.28. The average molecular weight is 264 g/mol. The maximum absolute atomic E-state index is 5.14. The summed E-state index contributed by atoms with van der Waals surface area (Å²) in [5, 5.41) is 3.49. The Kier molecular flexibility index (Phi) is 3.75. The lowest BCUT2D eigenvalue weighted by atomic mass is 10.0. The molecule has 2 fully saturated rings. The molecule has 0 aliphatic carbocycles. The second kappa shape index (κ2) is 5.51. The number of nitrogens with one attached hydrogen (secondary N) is 1. The molecule has 0 amide bonds. The van der Waals surface area contributed by atoms with Crippen LogP contribution in [0.5, 0.6) is 0 Å². The Morgan fingerprint density at radius 2 is 2.11 bits per heavy atom. The molecule has 0 radical (unpaired) electrons. The standard InChI is InChI=1S/C14H24N4O/c1-11-8-17(4-3-5-19-2)14(16-11)18-9-12-6-15-7-13(12)10-18/h8,12-13,15H,3-7,9-10H2,1-2H3/t12-,13+. The van der Waals surface area contributed by atoms with E-state index >= 15 is 0 Å². The van der Waals surface area contributed by atoms with Crippen LogP contribution in [0.25, 0.3) is 0 Å². The second-order valence-electron chi connectivity index (χ2n) is 5.81. The van der Waals surface area contributed by atoms with Crippen LogP contribution in [0.15, 0.2) is 6.20 Å². The van der Waals surface area contributed by atoms with Crippen molar-refractivity contribution in [3.05, 3.63) is 11.9 Å². The zero-order chi connectivity index (χ0) is 13.2. The second-order valence-corrected chi connectivity index (χ2v) is 5.81. The van der Waals surface area contributed by atoms with Gasteiger partial charge in [-0.05, 0) is 25.2 Å². The number of hydrogen-bond acceptors (Lipinski definition) is 4. The van der Waals surface area contributed by atoms with E-state index in [0.29, 0.717) is 0 Å². The number of aryl methyl sites for hydroxylation is 2. The minimum Gasteiger partial charge on any atom is -0.385 e. The number of ether oxygens (including phenoxy) is 1. The van der Waals surface area contributed by atoms with Gasteiger partial charge < -0.3 is 19.5 Å². The molecule has 1 aromatic heterocycles. The number of fused-ring (bicyclic) bond motifs is 1. The smallest absolute Gasteiger partial charge is 0.205 e. The Bertz CT molecular complexity index is 419. The van der Waals surface area contributed by atoms with Gasteiger partial charge in [0.25, 0.3) is 0 Å². The van der Waals surface area contributed by atoms with Gasteiger partial charge in [-0.1, -0.05) is 0 Å². The molecule has 3 rings (SSSR count). The Balaban J connectivity index is 1.69. The van der Waals surface area contributed by atoms with E-state index in [0.717, 1.165) is 56.1 Å². The van der Waals surface area contributed by atoms with E-state index in [1.807, 2.05) is 0 Å². The summed E-state index contributed by atoms with van der Waals surface area (Å²) in [5.74, 6) is 2.77. The number of aromatic nitrogens is 2. The van der Waals surface area contributed by atoms with Crippen LogP contribution in [0, 0.1) is 18.8 Å². The fraction of sp³-hybridized carbons (Fsp3) is 0.786. The summed E-state index contributed by atoms with van der Waals surface area (Å²) in [6.07, 6.45) is 3.21. The Morgan fingerprint density at radius 3 is 2.79 bits per heavy atom. The van der Waals surface area contributed by atoms with E-state index < -0.39 is 0 Å². The zero-order valence-corrected chi connectivity index (χ0v) is 11.9. The van der Waals surface area contributed by atoms with Crippen LogP contribution in [-0.4, -0.2) is 49.4 Å². The van der Waals surface area contributed by atoms with Crippen LogP contribution in [0.1, 0.15) is 12.1 Å². The van der Waals surface area contributed by atoms with Gasteiger partial charge in [0.15, 0.2) is 0 Å². The summed E-state index contributed by atoms with van der Waals surface area (Å²) >= 11 is 0. The number of methoxy groups -OCH3 is 1. The van der Waals surface area contributed by atoms with Gasteiger partial charge in [-0.3, -0.25) is 0 Å². The molecule has 0 spiro atoms. The van der Waals surface area contributed by atoms with Crippen LogP contribution < -0.4 is 10.2 Å². The number of rotatable bonds is 5. The summed E-state index contributed by atoms with van der Waals surface area (Å²) in [6, 6.07) is 0. The Morgan fingerprint density at radius 1 is 1.37 bits per heavy atom.